The summed E-state index contributed by atoms with van der Waals surface area (Å²) in [5, 5.41) is 3.55. The standard InChI is InChI=1S/C13H22N2O/c1-6-13(4,7-2)15-11-8-10(3)14-9-12(11)16-5/h8-9H,6-7H2,1-5H3,(H,14,15). The second-order valence-electron chi connectivity index (χ2n) is 4.42. The van der Waals surface area contributed by atoms with E-state index in [1.807, 2.05) is 13.0 Å². The maximum absolute atomic E-state index is 5.31. The van der Waals surface area contributed by atoms with E-state index in [-0.39, 0.29) is 5.54 Å². The minimum Gasteiger partial charge on any atom is -0.493 e. The van der Waals surface area contributed by atoms with Crippen LogP contribution in [0.25, 0.3) is 0 Å². The summed E-state index contributed by atoms with van der Waals surface area (Å²) in [5.41, 5.74) is 2.14. The summed E-state index contributed by atoms with van der Waals surface area (Å²) in [6.07, 6.45) is 3.92. The monoisotopic (exact) mass is 222 g/mol. The Morgan fingerprint density at radius 1 is 1.38 bits per heavy atom. The van der Waals surface area contributed by atoms with Crippen LogP contribution in [0.3, 0.4) is 0 Å². The number of methoxy groups -OCH3 is 1. The average Bonchev–Trinajstić information content (AvgIpc) is 2.29. The first-order valence-electron chi connectivity index (χ1n) is 5.83. The molecule has 0 aromatic carbocycles. The van der Waals surface area contributed by atoms with E-state index in [1.165, 1.54) is 0 Å². The quantitative estimate of drug-likeness (QED) is 0.829. The summed E-state index contributed by atoms with van der Waals surface area (Å²) in [6, 6.07) is 2.03. The third kappa shape index (κ3) is 2.87. The molecule has 0 aliphatic heterocycles. The van der Waals surface area contributed by atoms with Crippen LogP contribution in [-0.4, -0.2) is 17.6 Å². The van der Waals surface area contributed by atoms with Crippen LogP contribution in [0.5, 0.6) is 5.75 Å². The van der Waals surface area contributed by atoms with Crippen LogP contribution in [0, 0.1) is 6.92 Å². The number of hydrogen-bond acceptors (Lipinski definition) is 3. The van der Waals surface area contributed by atoms with Gasteiger partial charge in [-0.05, 0) is 32.8 Å². The molecule has 0 saturated carbocycles. The van der Waals surface area contributed by atoms with Gasteiger partial charge in [0.15, 0.2) is 5.75 Å². The van der Waals surface area contributed by atoms with E-state index in [0.717, 1.165) is 30.0 Å². The van der Waals surface area contributed by atoms with Crippen LogP contribution in [-0.2, 0) is 0 Å². The van der Waals surface area contributed by atoms with Gasteiger partial charge in [0.25, 0.3) is 0 Å². The Morgan fingerprint density at radius 3 is 2.50 bits per heavy atom. The maximum atomic E-state index is 5.31. The van der Waals surface area contributed by atoms with Crippen LogP contribution in [0.2, 0.25) is 0 Å². The van der Waals surface area contributed by atoms with E-state index >= 15 is 0 Å². The number of hydrogen-bond donors (Lipinski definition) is 1. The van der Waals surface area contributed by atoms with E-state index in [1.54, 1.807) is 13.3 Å². The fourth-order valence-electron chi connectivity index (χ4n) is 1.56. The van der Waals surface area contributed by atoms with Gasteiger partial charge in [0.1, 0.15) is 0 Å². The molecule has 1 heterocycles. The molecule has 0 aliphatic carbocycles. The smallest absolute Gasteiger partial charge is 0.160 e. The maximum Gasteiger partial charge on any atom is 0.160 e. The fourth-order valence-corrected chi connectivity index (χ4v) is 1.56. The molecule has 16 heavy (non-hydrogen) atoms. The summed E-state index contributed by atoms with van der Waals surface area (Å²) >= 11 is 0. The van der Waals surface area contributed by atoms with Crippen molar-refractivity contribution in [3.63, 3.8) is 0 Å². The molecule has 1 aromatic heterocycles. The lowest BCUT2D eigenvalue weighted by atomic mass is 9.95. The molecule has 1 N–H and O–H groups in total. The van der Waals surface area contributed by atoms with Gasteiger partial charge in [0.05, 0.1) is 19.0 Å². The largest absolute Gasteiger partial charge is 0.493 e. The third-order valence-corrected chi connectivity index (χ3v) is 3.22. The molecule has 0 fully saturated rings. The van der Waals surface area contributed by atoms with E-state index < -0.39 is 0 Å². The Hall–Kier alpha value is -1.25. The zero-order chi connectivity index (χ0) is 12.2. The lowest BCUT2D eigenvalue weighted by Crippen LogP contribution is -2.33. The molecule has 0 radical (unpaired) electrons. The molecular formula is C13H22N2O. The summed E-state index contributed by atoms with van der Waals surface area (Å²) in [6.45, 7) is 8.59. The Kier molecular flexibility index (Phi) is 4.16. The van der Waals surface area contributed by atoms with Crippen LogP contribution in [0.1, 0.15) is 39.3 Å². The number of anilines is 1. The van der Waals surface area contributed by atoms with Gasteiger partial charge in [-0.25, -0.2) is 0 Å². The molecule has 1 aromatic rings. The SMILES string of the molecule is CCC(C)(CC)Nc1cc(C)ncc1OC. The Balaban J connectivity index is 2.98. The first-order valence-corrected chi connectivity index (χ1v) is 5.83. The molecule has 3 heteroatoms. The number of ether oxygens (including phenoxy) is 1. The highest BCUT2D eigenvalue weighted by Gasteiger charge is 2.20. The number of pyridine rings is 1. The van der Waals surface area contributed by atoms with Crippen molar-refractivity contribution >= 4 is 5.69 Å². The molecule has 3 nitrogen and oxygen atoms in total. The topological polar surface area (TPSA) is 34.2 Å². The first kappa shape index (κ1) is 12.8. The highest BCUT2D eigenvalue weighted by molar-refractivity contribution is 5.57. The second-order valence-corrected chi connectivity index (χ2v) is 4.42. The van der Waals surface area contributed by atoms with Gasteiger partial charge in [-0.2, -0.15) is 0 Å². The molecule has 0 unspecified atom stereocenters. The van der Waals surface area contributed by atoms with Crippen molar-refractivity contribution in [3.8, 4) is 5.75 Å². The van der Waals surface area contributed by atoms with Gasteiger partial charge in [0, 0.05) is 11.2 Å². The summed E-state index contributed by atoms with van der Waals surface area (Å²) < 4.78 is 5.31. The van der Waals surface area contributed by atoms with Gasteiger partial charge >= 0.3 is 0 Å². The van der Waals surface area contributed by atoms with E-state index in [2.05, 4.69) is 31.1 Å². The van der Waals surface area contributed by atoms with Crippen molar-refractivity contribution in [2.75, 3.05) is 12.4 Å². The predicted octanol–water partition coefficient (Wildman–Crippen LogP) is 3.39. The number of nitrogens with zero attached hydrogens (tertiary/aromatic N) is 1. The van der Waals surface area contributed by atoms with Crippen molar-refractivity contribution in [1.82, 2.24) is 4.98 Å². The molecule has 90 valence electrons. The second kappa shape index (κ2) is 5.19. The molecule has 1 rings (SSSR count). The molecular weight excluding hydrogens is 200 g/mol. The molecule has 0 atom stereocenters. The van der Waals surface area contributed by atoms with Crippen LogP contribution >= 0.6 is 0 Å². The summed E-state index contributed by atoms with van der Waals surface area (Å²) in [7, 11) is 1.67. The number of nitrogens with one attached hydrogen (secondary N) is 1. The van der Waals surface area contributed by atoms with Gasteiger partial charge in [-0.15, -0.1) is 0 Å². The highest BCUT2D eigenvalue weighted by Crippen LogP contribution is 2.29. The minimum absolute atomic E-state index is 0.112. The fraction of sp³-hybridized carbons (Fsp3) is 0.615. The zero-order valence-corrected chi connectivity index (χ0v) is 10.9. The van der Waals surface area contributed by atoms with Crippen LogP contribution < -0.4 is 10.1 Å². The number of rotatable bonds is 5. The van der Waals surface area contributed by atoms with Crippen molar-refractivity contribution in [2.45, 2.75) is 46.1 Å². The van der Waals surface area contributed by atoms with Crippen molar-refractivity contribution < 1.29 is 4.74 Å². The van der Waals surface area contributed by atoms with Gasteiger partial charge < -0.3 is 10.1 Å². The predicted molar refractivity (Wildman–Crippen MR) is 68.1 cm³/mol. The van der Waals surface area contributed by atoms with Crippen molar-refractivity contribution in [1.29, 1.82) is 0 Å². The van der Waals surface area contributed by atoms with Crippen LogP contribution in [0.15, 0.2) is 12.3 Å². The average molecular weight is 222 g/mol. The molecule has 0 aliphatic rings. The van der Waals surface area contributed by atoms with Crippen molar-refractivity contribution in [2.24, 2.45) is 0 Å². The Labute approximate surface area is 98.2 Å². The molecule has 0 bridgehead atoms. The first-order chi connectivity index (χ1) is 7.54. The normalized spacial score (nSPS) is 11.3. The lowest BCUT2D eigenvalue weighted by Gasteiger charge is -2.30. The van der Waals surface area contributed by atoms with Gasteiger partial charge in [-0.3, -0.25) is 4.98 Å². The Morgan fingerprint density at radius 2 is 2.00 bits per heavy atom. The van der Waals surface area contributed by atoms with E-state index in [9.17, 15) is 0 Å². The molecule has 0 amide bonds. The number of aromatic nitrogens is 1. The molecule has 0 spiro atoms. The zero-order valence-electron chi connectivity index (χ0n) is 10.9. The lowest BCUT2D eigenvalue weighted by molar-refractivity contribution is 0.409. The number of aryl methyl sites for hydroxylation is 1. The third-order valence-electron chi connectivity index (χ3n) is 3.22. The summed E-state index contributed by atoms with van der Waals surface area (Å²) in [4.78, 5) is 4.23. The minimum atomic E-state index is 0.112. The van der Waals surface area contributed by atoms with Crippen molar-refractivity contribution in [3.05, 3.63) is 18.0 Å². The highest BCUT2D eigenvalue weighted by atomic mass is 16.5. The summed E-state index contributed by atoms with van der Waals surface area (Å²) in [5.74, 6) is 0.804. The van der Waals surface area contributed by atoms with Crippen LogP contribution in [0.4, 0.5) is 5.69 Å². The van der Waals surface area contributed by atoms with Gasteiger partial charge in [-0.1, -0.05) is 13.8 Å². The van der Waals surface area contributed by atoms with E-state index in [0.29, 0.717) is 0 Å². The molecule has 0 saturated heterocycles. The van der Waals surface area contributed by atoms with Gasteiger partial charge in [0.2, 0.25) is 0 Å². The van der Waals surface area contributed by atoms with E-state index in [4.69, 9.17) is 4.74 Å². The Bertz CT molecular complexity index is 346.